The maximum absolute atomic E-state index is 13.8. The molecule has 0 N–H and O–H groups in total. The summed E-state index contributed by atoms with van der Waals surface area (Å²) in [6.07, 6.45) is 1.57. The van der Waals surface area contributed by atoms with Crippen molar-refractivity contribution in [3.63, 3.8) is 0 Å². The summed E-state index contributed by atoms with van der Waals surface area (Å²) in [7, 11) is 1.60. The van der Waals surface area contributed by atoms with Crippen LogP contribution in [0.4, 0.5) is 0 Å². The van der Waals surface area contributed by atoms with Crippen LogP contribution in [0.15, 0.2) is 60.0 Å². The van der Waals surface area contributed by atoms with Gasteiger partial charge in [0.1, 0.15) is 24.7 Å². The number of thiophene rings is 1. The quantitative estimate of drug-likeness (QED) is 0.305. The van der Waals surface area contributed by atoms with E-state index in [0.717, 1.165) is 24.2 Å². The van der Waals surface area contributed by atoms with Crippen molar-refractivity contribution in [2.24, 2.45) is 0 Å². The molecular formula is C31H38N2O4S. The fourth-order valence-electron chi connectivity index (χ4n) is 4.78. The number of rotatable bonds is 10. The molecule has 1 aliphatic heterocycles. The Kier molecular flexibility index (Phi) is 9.10. The second-order valence-electron chi connectivity index (χ2n) is 10.1. The van der Waals surface area contributed by atoms with Gasteiger partial charge >= 0.3 is 0 Å². The Balaban J connectivity index is 1.52. The maximum atomic E-state index is 13.8. The van der Waals surface area contributed by atoms with Crippen LogP contribution in [0.3, 0.4) is 0 Å². The molecule has 202 valence electrons. The molecule has 0 unspecified atom stereocenters. The first-order chi connectivity index (χ1) is 18.3. The van der Waals surface area contributed by atoms with E-state index >= 15 is 0 Å². The van der Waals surface area contributed by atoms with E-state index in [1.54, 1.807) is 47.6 Å². The zero-order chi connectivity index (χ0) is 27.2. The number of amides is 2. The molecule has 2 atom stereocenters. The van der Waals surface area contributed by atoms with Gasteiger partial charge in [-0.1, -0.05) is 32.9 Å². The molecule has 7 heteroatoms. The van der Waals surface area contributed by atoms with Crippen LogP contribution in [0.5, 0.6) is 11.5 Å². The van der Waals surface area contributed by atoms with E-state index in [9.17, 15) is 9.59 Å². The number of hydrogen-bond acceptors (Lipinski definition) is 5. The highest BCUT2D eigenvalue weighted by Crippen LogP contribution is 2.34. The summed E-state index contributed by atoms with van der Waals surface area (Å²) in [4.78, 5) is 32.2. The lowest BCUT2D eigenvalue weighted by Crippen LogP contribution is -2.49. The Morgan fingerprint density at radius 2 is 1.71 bits per heavy atom. The van der Waals surface area contributed by atoms with Gasteiger partial charge in [-0.3, -0.25) is 9.59 Å². The summed E-state index contributed by atoms with van der Waals surface area (Å²) < 4.78 is 11.4. The van der Waals surface area contributed by atoms with E-state index in [0.29, 0.717) is 30.4 Å². The van der Waals surface area contributed by atoms with Crippen LogP contribution in [0.1, 0.15) is 72.4 Å². The van der Waals surface area contributed by atoms with Gasteiger partial charge in [-0.05, 0) is 84.7 Å². The SMILES string of the molecule is CC[C@@H](C)N(CC(=O)N1CCc2sccc2[C@@H]1COc1ccc(C(C)C)cc1)C(=O)c1ccc(OC)cc1. The Hall–Kier alpha value is -3.32. The molecule has 1 aromatic heterocycles. The van der Waals surface area contributed by atoms with Gasteiger partial charge in [0.2, 0.25) is 5.91 Å². The third-order valence-electron chi connectivity index (χ3n) is 7.40. The van der Waals surface area contributed by atoms with E-state index in [4.69, 9.17) is 9.47 Å². The standard InChI is InChI=1S/C31H38N2O4S/c1-6-22(4)33(31(35)24-9-11-25(36-5)12-10-24)19-30(34)32-17-15-29-27(16-18-38-29)28(32)20-37-26-13-7-23(8-14-26)21(2)3/h7-14,16,18,21-22,28H,6,15,17,19-20H2,1-5H3/t22-,28+/m1/s1. The lowest BCUT2D eigenvalue weighted by Gasteiger charge is -2.38. The van der Waals surface area contributed by atoms with Crippen LogP contribution in [0.25, 0.3) is 0 Å². The third kappa shape index (κ3) is 6.21. The lowest BCUT2D eigenvalue weighted by atomic mass is 10.00. The summed E-state index contributed by atoms with van der Waals surface area (Å²) in [6.45, 7) is 9.36. The fraction of sp³-hybridized carbons (Fsp3) is 0.419. The average Bonchev–Trinajstić information content (AvgIpc) is 3.43. The van der Waals surface area contributed by atoms with Gasteiger partial charge in [-0.2, -0.15) is 0 Å². The molecule has 0 fully saturated rings. The van der Waals surface area contributed by atoms with Gasteiger partial charge in [-0.25, -0.2) is 0 Å². The van der Waals surface area contributed by atoms with Crippen molar-refractivity contribution in [1.29, 1.82) is 0 Å². The zero-order valence-electron chi connectivity index (χ0n) is 23.0. The van der Waals surface area contributed by atoms with E-state index < -0.39 is 0 Å². The van der Waals surface area contributed by atoms with E-state index in [1.807, 2.05) is 30.9 Å². The predicted octanol–water partition coefficient (Wildman–Crippen LogP) is 6.33. The third-order valence-corrected chi connectivity index (χ3v) is 8.39. The van der Waals surface area contributed by atoms with Crippen LogP contribution in [-0.2, 0) is 11.2 Å². The van der Waals surface area contributed by atoms with Gasteiger partial charge < -0.3 is 19.3 Å². The van der Waals surface area contributed by atoms with Crippen LogP contribution in [0.2, 0.25) is 0 Å². The number of fused-ring (bicyclic) bond motifs is 1. The van der Waals surface area contributed by atoms with Crippen molar-refractivity contribution in [3.8, 4) is 11.5 Å². The van der Waals surface area contributed by atoms with Gasteiger partial charge in [0.05, 0.1) is 13.2 Å². The smallest absolute Gasteiger partial charge is 0.254 e. The highest BCUT2D eigenvalue weighted by molar-refractivity contribution is 7.10. The molecule has 1 aliphatic rings. The summed E-state index contributed by atoms with van der Waals surface area (Å²) in [6, 6.07) is 17.0. The molecule has 2 amide bonds. The molecule has 3 aromatic rings. The Bertz CT molecular complexity index is 1220. The molecule has 0 radical (unpaired) electrons. The highest BCUT2D eigenvalue weighted by atomic mass is 32.1. The molecule has 2 heterocycles. The molecule has 4 rings (SSSR count). The van der Waals surface area contributed by atoms with Crippen LogP contribution < -0.4 is 9.47 Å². The highest BCUT2D eigenvalue weighted by Gasteiger charge is 2.34. The largest absolute Gasteiger partial charge is 0.497 e. The number of carbonyl (C=O) groups excluding carboxylic acids is 2. The van der Waals surface area contributed by atoms with Gasteiger partial charge in [-0.15, -0.1) is 11.3 Å². The first kappa shape index (κ1) is 27.7. The topological polar surface area (TPSA) is 59.1 Å². The summed E-state index contributed by atoms with van der Waals surface area (Å²) in [5.74, 6) is 1.72. The molecule has 6 nitrogen and oxygen atoms in total. The summed E-state index contributed by atoms with van der Waals surface area (Å²) >= 11 is 1.73. The normalized spacial score (nSPS) is 15.6. The van der Waals surface area contributed by atoms with Gasteiger partial charge in [0, 0.05) is 23.0 Å². The number of nitrogens with zero attached hydrogens (tertiary/aromatic N) is 2. The van der Waals surface area contributed by atoms with E-state index in [1.165, 1.54) is 10.4 Å². The zero-order valence-corrected chi connectivity index (χ0v) is 23.8. The molecule has 0 bridgehead atoms. The predicted molar refractivity (Wildman–Crippen MR) is 152 cm³/mol. The Labute approximate surface area is 230 Å². The van der Waals surface area contributed by atoms with Crippen molar-refractivity contribution >= 4 is 23.2 Å². The number of hydrogen-bond donors (Lipinski definition) is 0. The van der Waals surface area contributed by atoms with Crippen LogP contribution in [-0.4, -0.2) is 54.5 Å². The van der Waals surface area contributed by atoms with Crippen molar-refractivity contribution in [3.05, 3.63) is 81.5 Å². The van der Waals surface area contributed by atoms with Crippen molar-refractivity contribution in [2.45, 2.75) is 58.5 Å². The van der Waals surface area contributed by atoms with E-state index in [-0.39, 0.29) is 30.4 Å². The van der Waals surface area contributed by atoms with Crippen molar-refractivity contribution in [1.82, 2.24) is 9.80 Å². The fourth-order valence-corrected chi connectivity index (χ4v) is 5.71. The van der Waals surface area contributed by atoms with Gasteiger partial charge in [0.15, 0.2) is 0 Å². The first-order valence-electron chi connectivity index (χ1n) is 13.4. The van der Waals surface area contributed by atoms with Crippen LogP contribution in [0, 0.1) is 0 Å². The molecule has 2 aromatic carbocycles. The van der Waals surface area contributed by atoms with E-state index in [2.05, 4.69) is 37.4 Å². The number of carbonyl (C=O) groups is 2. The molecule has 0 saturated carbocycles. The second kappa shape index (κ2) is 12.5. The number of methoxy groups -OCH3 is 1. The van der Waals surface area contributed by atoms with Crippen molar-refractivity contribution in [2.75, 3.05) is 26.8 Å². The first-order valence-corrected chi connectivity index (χ1v) is 14.2. The van der Waals surface area contributed by atoms with Crippen molar-refractivity contribution < 1.29 is 19.1 Å². The Morgan fingerprint density at radius 3 is 2.34 bits per heavy atom. The summed E-state index contributed by atoms with van der Waals surface area (Å²) in [5, 5.41) is 2.09. The molecule has 0 aliphatic carbocycles. The molecular weight excluding hydrogens is 496 g/mol. The minimum absolute atomic E-state index is 0.0267. The minimum atomic E-state index is -0.197. The minimum Gasteiger partial charge on any atom is -0.497 e. The Morgan fingerprint density at radius 1 is 1.03 bits per heavy atom. The van der Waals surface area contributed by atoms with Crippen LogP contribution >= 0.6 is 11.3 Å². The monoisotopic (exact) mass is 534 g/mol. The average molecular weight is 535 g/mol. The molecule has 0 spiro atoms. The maximum Gasteiger partial charge on any atom is 0.254 e. The number of benzene rings is 2. The molecule has 38 heavy (non-hydrogen) atoms. The lowest BCUT2D eigenvalue weighted by molar-refractivity contribution is -0.136. The number of ether oxygens (including phenoxy) is 2. The van der Waals surface area contributed by atoms with Gasteiger partial charge in [0.25, 0.3) is 5.91 Å². The molecule has 0 saturated heterocycles. The second-order valence-corrected chi connectivity index (χ2v) is 11.1. The summed E-state index contributed by atoms with van der Waals surface area (Å²) in [5.41, 5.74) is 2.95.